The number of carbonyl (C=O) groups is 1. The average Bonchev–Trinajstić information content (AvgIpc) is 3.22. The molecule has 0 radical (unpaired) electrons. The van der Waals surface area contributed by atoms with Crippen molar-refractivity contribution in [3.63, 3.8) is 0 Å². The largest absolute Gasteiger partial charge is 0.317 e. The van der Waals surface area contributed by atoms with Crippen molar-refractivity contribution in [3.8, 4) is 0 Å². The standard InChI is InChI=1S/C17H16FN3OS2/c18-12-1-2-13-11(7-12)8-14(23-13)16(22)21-17-20-9-15(24-17)10-3-5-19-6-4-10/h1-2,7-10,19H,3-6H2,(H,20,21,22). The third-order valence-corrected chi connectivity index (χ3v) is 6.38. The zero-order valence-electron chi connectivity index (χ0n) is 12.8. The number of piperidine rings is 1. The lowest BCUT2D eigenvalue weighted by Gasteiger charge is -2.20. The van der Waals surface area contributed by atoms with Gasteiger partial charge in [-0.2, -0.15) is 0 Å². The number of amides is 1. The quantitative estimate of drug-likeness (QED) is 0.734. The van der Waals surface area contributed by atoms with Crippen LogP contribution in [0.5, 0.6) is 0 Å². The van der Waals surface area contributed by atoms with Gasteiger partial charge >= 0.3 is 0 Å². The van der Waals surface area contributed by atoms with E-state index >= 15 is 0 Å². The second-order valence-electron chi connectivity index (χ2n) is 5.84. The zero-order chi connectivity index (χ0) is 16.5. The number of benzene rings is 1. The summed E-state index contributed by atoms with van der Waals surface area (Å²) in [5.41, 5.74) is 0. The second kappa shape index (κ2) is 6.58. The molecule has 0 saturated carbocycles. The molecule has 1 amide bonds. The number of nitrogens with one attached hydrogen (secondary N) is 2. The van der Waals surface area contributed by atoms with Gasteiger partial charge in [0.25, 0.3) is 5.91 Å². The minimum Gasteiger partial charge on any atom is -0.317 e. The molecule has 0 unspecified atom stereocenters. The Morgan fingerprint density at radius 1 is 1.25 bits per heavy atom. The van der Waals surface area contributed by atoms with Gasteiger partial charge in [0.05, 0.1) is 4.88 Å². The normalized spacial score (nSPS) is 15.7. The molecule has 2 N–H and O–H groups in total. The Kier molecular flexibility index (Phi) is 4.30. The number of halogens is 1. The van der Waals surface area contributed by atoms with E-state index in [-0.39, 0.29) is 11.7 Å². The molecule has 0 bridgehead atoms. The van der Waals surface area contributed by atoms with Crippen LogP contribution in [0, 0.1) is 5.82 Å². The molecule has 0 aliphatic carbocycles. The van der Waals surface area contributed by atoms with Crippen LogP contribution in [0.2, 0.25) is 0 Å². The lowest BCUT2D eigenvalue weighted by molar-refractivity contribution is 0.103. The van der Waals surface area contributed by atoms with Crippen molar-refractivity contribution in [2.24, 2.45) is 0 Å². The van der Waals surface area contributed by atoms with E-state index in [1.807, 2.05) is 6.20 Å². The fraction of sp³-hybridized carbons (Fsp3) is 0.294. The number of thiazole rings is 1. The Balaban J connectivity index is 1.49. The Morgan fingerprint density at radius 2 is 2.08 bits per heavy atom. The van der Waals surface area contributed by atoms with Crippen LogP contribution in [-0.4, -0.2) is 24.0 Å². The molecule has 3 aromatic rings. The molecule has 24 heavy (non-hydrogen) atoms. The number of nitrogens with zero attached hydrogens (tertiary/aromatic N) is 1. The number of fused-ring (bicyclic) bond motifs is 1. The Hall–Kier alpha value is -1.83. The van der Waals surface area contributed by atoms with Gasteiger partial charge in [0, 0.05) is 15.8 Å². The highest BCUT2D eigenvalue weighted by atomic mass is 32.1. The molecule has 1 aliphatic rings. The molecular formula is C17H16FN3OS2. The summed E-state index contributed by atoms with van der Waals surface area (Å²) < 4.78 is 14.2. The smallest absolute Gasteiger partial charge is 0.267 e. The van der Waals surface area contributed by atoms with Crippen LogP contribution in [0.15, 0.2) is 30.5 Å². The van der Waals surface area contributed by atoms with Crippen LogP contribution < -0.4 is 10.6 Å². The van der Waals surface area contributed by atoms with Crippen molar-refractivity contribution in [1.82, 2.24) is 10.3 Å². The van der Waals surface area contributed by atoms with Crippen LogP contribution in [0.4, 0.5) is 9.52 Å². The molecule has 4 nitrogen and oxygen atoms in total. The summed E-state index contributed by atoms with van der Waals surface area (Å²) >= 11 is 2.90. The molecule has 4 rings (SSSR count). The van der Waals surface area contributed by atoms with Crippen LogP contribution >= 0.6 is 22.7 Å². The Morgan fingerprint density at radius 3 is 2.92 bits per heavy atom. The maximum absolute atomic E-state index is 13.3. The van der Waals surface area contributed by atoms with Gasteiger partial charge in [-0.3, -0.25) is 10.1 Å². The summed E-state index contributed by atoms with van der Waals surface area (Å²) in [5.74, 6) is 0.0447. The van der Waals surface area contributed by atoms with Gasteiger partial charge < -0.3 is 5.32 Å². The maximum Gasteiger partial charge on any atom is 0.267 e. The summed E-state index contributed by atoms with van der Waals surface area (Å²) in [6.45, 7) is 2.06. The molecule has 3 heterocycles. The minimum absolute atomic E-state index is 0.192. The van der Waals surface area contributed by atoms with Gasteiger partial charge in [-0.25, -0.2) is 9.37 Å². The number of anilines is 1. The first kappa shape index (κ1) is 15.7. The van der Waals surface area contributed by atoms with Crippen molar-refractivity contribution in [2.45, 2.75) is 18.8 Å². The van der Waals surface area contributed by atoms with Gasteiger partial charge in [0.1, 0.15) is 5.82 Å². The van der Waals surface area contributed by atoms with Gasteiger partial charge in [-0.1, -0.05) is 0 Å². The van der Waals surface area contributed by atoms with Crippen LogP contribution in [0.3, 0.4) is 0 Å². The van der Waals surface area contributed by atoms with E-state index in [1.165, 1.54) is 28.3 Å². The number of aromatic nitrogens is 1. The number of carbonyl (C=O) groups excluding carboxylic acids is 1. The van der Waals surface area contributed by atoms with E-state index in [0.29, 0.717) is 15.9 Å². The molecule has 7 heteroatoms. The highest BCUT2D eigenvalue weighted by Gasteiger charge is 2.19. The third-order valence-electron chi connectivity index (χ3n) is 4.19. The van der Waals surface area contributed by atoms with E-state index < -0.39 is 0 Å². The molecule has 1 saturated heterocycles. The predicted molar refractivity (Wildman–Crippen MR) is 96.7 cm³/mol. The monoisotopic (exact) mass is 361 g/mol. The van der Waals surface area contributed by atoms with Crippen molar-refractivity contribution < 1.29 is 9.18 Å². The fourth-order valence-electron chi connectivity index (χ4n) is 2.92. The fourth-order valence-corrected chi connectivity index (χ4v) is 4.84. The first-order chi connectivity index (χ1) is 11.7. The number of hydrogen-bond acceptors (Lipinski definition) is 5. The molecule has 1 aliphatic heterocycles. The number of hydrogen-bond donors (Lipinski definition) is 2. The van der Waals surface area contributed by atoms with Crippen molar-refractivity contribution in [1.29, 1.82) is 0 Å². The molecule has 1 fully saturated rings. The highest BCUT2D eigenvalue weighted by molar-refractivity contribution is 7.21. The Bertz CT molecular complexity index is 883. The number of thiophene rings is 1. The lowest BCUT2D eigenvalue weighted by atomic mass is 9.97. The average molecular weight is 361 g/mol. The second-order valence-corrected chi connectivity index (χ2v) is 7.98. The van der Waals surface area contributed by atoms with Crippen LogP contribution in [0.1, 0.15) is 33.3 Å². The van der Waals surface area contributed by atoms with Gasteiger partial charge in [-0.15, -0.1) is 22.7 Å². The molecule has 124 valence electrons. The highest BCUT2D eigenvalue weighted by Crippen LogP contribution is 2.32. The first-order valence-corrected chi connectivity index (χ1v) is 9.49. The zero-order valence-corrected chi connectivity index (χ0v) is 14.5. The van der Waals surface area contributed by atoms with Gasteiger partial charge in [-0.05, 0) is 61.5 Å². The van der Waals surface area contributed by atoms with Crippen molar-refractivity contribution in [3.05, 3.63) is 46.0 Å². The van der Waals surface area contributed by atoms with E-state index in [0.717, 1.165) is 36.0 Å². The first-order valence-electron chi connectivity index (χ1n) is 7.86. The van der Waals surface area contributed by atoms with E-state index in [4.69, 9.17) is 0 Å². The summed E-state index contributed by atoms with van der Waals surface area (Å²) in [7, 11) is 0. The van der Waals surface area contributed by atoms with E-state index in [9.17, 15) is 9.18 Å². The molecule has 0 spiro atoms. The van der Waals surface area contributed by atoms with Crippen molar-refractivity contribution >= 4 is 43.8 Å². The molecular weight excluding hydrogens is 345 g/mol. The van der Waals surface area contributed by atoms with Gasteiger partial charge in [0.2, 0.25) is 0 Å². The predicted octanol–water partition coefficient (Wildman–Crippen LogP) is 4.22. The summed E-state index contributed by atoms with van der Waals surface area (Å²) in [5, 5.41) is 7.59. The van der Waals surface area contributed by atoms with Crippen LogP contribution in [0.25, 0.3) is 10.1 Å². The van der Waals surface area contributed by atoms with E-state index in [1.54, 1.807) is 23.5 Å². The molecule has 2 aromatic heterocycles. The summed E-state index contributed by atoms with van der Waals surface area (Å²) in [6.07, 6.45) is 4.09. The lowest BCUT2D eigenvalue weighted by Crippen LogP contribution is -2.26. The summed E-state index contributed by atoms with van der Waals surface area (Å²) in [6, 6.07) is 6.28. The minimum atomic E-state index is -0.293. The molecule has 1 aromatic carbocycles. The van der Waals surface area contributed by atoms with Crippen molar-refractivity contribution in [2.75, 3.05) is 18.4 Å². The third kappa shape index (κ3) is 3.19. The molecule has 0 atom stereocenters. The van der Waals surface area contributed by atoms with Gasteiger partial charge in [0.15, 0.2) is 5.13 Å². The topological polar surface area (TPSA) is 54.0 Å². The summed E-state index contributed by atoms with van der Waals surface area (Å²) in [4.78, 5) is 18.5. The van der Waals surface area contributed by atoms with E-state index in [2.05, 4.69) is 15.6 Å². The SMILES string of the molecule is O=C(Nc1ncc(C2CCNCC2)s1)c1cc2cc(F)ccc2s1. The number of rotatable bonds is 3. The Labute approximate surface area is 146 Å². The van der Waals surface area contributed by atoms with Crippen LogP contribution in [-0.2, 0) is 0 Å². The maximum atomic E-state index is 13.3.